The molecule has 1 aromatic carbocycles. The molecule has 0 unspecified atom stereocenters. The first-order valence-electron chi connectivity index (χ1n) is 18.6. The molecule has 0 amide bonds. The van der Waals surface area contributed by atoms with Crippen LogP contribution >= 0.6 is 7.82 Å². The number of nitrogens with one attached hydrogen (secondary N) is 2. The van der Waals surface area contributed by atoms with Crippen molar-refractivity contribution in [2.24, 2.45) is 11.3 Å². The molecule has 3 heterocycles. The van der Waals surface area contributed by atoms with Crippen molar-refractivity contribution < 1.29 is 22.5 Å². The summed E-state index contributed by atoms with van der Waals surface area (Å²) in [5, 5.41) is 37.4. The van der Waals surface area contributed by atoms with Crippen LogP contribution in [0.5, 0.6) is 0 Å². The number of phosphoric ester groups is 1. The molecule has 3 fully saturated rings. The highest BCUT2D eigenvalue weighted by Gasteiger charge is 2.58. The molecule has 15 heteroatoms. The molecule has 0 saturated heterocycles. The highest BCUT2D eigenvalue weighted by Crippen LogP contribution is 2.62. The predicted molar refractivity (Wildman–Crippen MR) is 209 cm³/mol. The van der Waals surface area contributed by atoms with Crippen LogP contribution in [-0.4, -0.2) is 48.9 Å². The van der Waals surface area contributed by atoms with Crippen LogP contribution in [0, 0.1) is 46.9 Å². The number of halogens is 1. The Hall–Kier alpha value is -4.46. The number of aromatic nitrogens is 5. The van der Waals surface area contributed by atoms with E-state index in [9.17, 15) is 19.5 Å². The zero-order valence-electron chi connectivity index (χ0n) is 33.6. The molecule has 7 rings (SSSR count). The molecule has 3 aliphatic carbocycles. The van der Waals surface area contributed by atoms with E-state index >= 15 is 0 Å². The average Bonchev–Trinajstić information content (AvgIpc) is 3.47. The van der Waals surface area contributed by atoms with Crippen LogP contribution in [0.3, 0.4) is 0 Å². The van der Waals surface area contributed by atoms with Gasteiger partial charge in [0.2, 0.25) is 5.95 Å². The van der Waals surface area contributed by atoms with Crippen molar-refractivity contribution in [3.05, 3.63) is 58.4 Å². The third kappa shape index (κ3) is 8.53. The third-order valence-electron chi connectivity index (χ3n) is 10.2. The molecule has 0 aliphatic heterocycles. The lowest BCUT2D eigenvalue weighted by Crippen LogP contribution is -2.59. The number of nitriles is 2. The fourth-order valence-corrected chi connectivity index (χ4v) is 8.69. The van der Waals surface area contributed by atoms with E-state index in [0.717, 1.165) is 25.2 Å². The summed E-state index contributed by atoms with van der Waals surface area (Å²) in [5.74, 6) is 0.0981. The van der Waals surface area contributed by atoms with Gasteiger partial charge in [-0.15, -0.1) is 5.10 Å². The van der Waals surface area contributed by atoms with Crippen molar-refractivity contribution in [2.45, 2.75) is 125 Å². The number of anilines is 2. The van der Waals surface area contributed by atoms with E-state index in [0.29, 0.717) is 50.5 Å². The summed E-state index contributed by atoms with van der Waals surface area (Å²) in [6.07, 6.45) is 5.21. The third-order valence-corrected chi connectivity index (χ3v) is 12.2. The van der Waals surface area contributed by atoms with E-state index in [1.165, 1.54) is 6.07 Å². The van der Waals surface area contributed by atoms with Crippen LogP contribution in [0.2, 0.25) is 0 Å². The van der Waals surface area contributed by atoms with E-state index in [2.05, 4.69) is 58.8 Å². The van der Waals surface area contributed by atoms with Crippen LogP contribution in [0.4, 0.5) is 15.8 Å². The largest absolute Gasteiger partial charge is 0.477 e. The monoisotopic (exact) mass is 771 g/mol. The summed E-state index contributed by atoms with van der Waals surface area (Å²) in [6, 6.07) is 9.26. The number of phosphoric acid groups is 1. The minimum atomic E-state index is -4.04. The van der Waals surface area contributed by atoms with Crippen LogP contribution in [0.15, 0.2) is 24.4 Å². The molecule has 13 nitrogen and oxygen atoms in total. The van der Waals surface area contributed by atoms with E-state index in [1.807, 2.05) is 17.8 Å². The zero-order valence-corrected chi connectivity index (χ0v) is 34.5. The lowest BCUT2D eigenvalue weighted by molar-refractivity contribution is -0.0988. The van der Waals surface area contributed by atoms with Gasteiger partial charge in [0.1, 0.15) is 24.6 Å². The van der Waals surface area contributed by atoms with Crippen molar-refractivity contribution in [3.8, 4) is 23.4 Å². The number of fused-ring (bicyclic) bond motifs is 1. The standard InChI is InChI=1S/C40H51FN9O4P/c1-23-28(29(15-34(41)45-23)33-21-50(49-48-33)40-16-25(17-40)18-40)14-32-31(20-43)36(46-24(2)37(3,4)5)30-13-27(12-26(19-42)35(30)47-32)44-22-52-55(51,53-38(6,7)8)54-39(9,10)11/h12-13,15,21,24-25,44H,14,16-18,22H2,1-11H3,(H,46,47)/t24-,25?,40?/m1/s1. The van der Waals surface area contributed by atoms with Crippen LogP contribution in [-0.2, 0) is 30.1 Å². The Labute approximate surface area is 322 Å². The maximum absolute atomic E-state index is 14.9. The Morgan fingerprint density at radius 3 is 2.22 bits per heavy atom. The van der Waals surface area contributed by atoms with Crippen LogP contribution in [0.1, 0.15) is 117 Å². The Morgan fingerprint density at radius 2 is 1.67 bits per heavy atom. The lowest BCUT2D eigenvalue weighted by Gasteiger charge is -2.61. The van der Waals surface area contributed by atoms with Crippen molar-refractivity contribution in [1.29, 1.82) is 10.5 Å². The number of pyridine rings is 2. The van der Waals surface area contributed by atoms with Crippen molar-refractivity contribution in [2.75, 3.05) is 17.4 Å². The summed E-state index contributed by atoms with van der Waals surface area (Å²) in [6.45, 7) is 20.3. The maximum atomic E-state index is 14.9. The van der Waals surface area contributed by atoms with E-state index in [1.54, 1.807) is 60.6 Å². The minimum absolute atomic E-state index is 0.00247. The van der Waals surface area contributed by atoms with Gasteiger partial charge in [-0.2, -0.15) is 14.9 Å². The SMILES string of the molecule is Cc1nc(F)cc(-c2cn(C34CC(C3)C4)nn2)c1Cc1nc2c(C#N)cc(NCOP(=O)(OC(C)(C)C)OC(C)(C)C)cc2c(N[C@H](C)C(C)(C)C)c1C#N. The second-order valence-corrected chi connectivity index (χ2v) is 19.5. The van der Waals surface area contributed by atoms with Gasteiger partial charge in [-0.1, -0.05) is 26.0 Å². The first-order valence-corrected chi connectivity index (χ1v) is 20.0. The van der Waals surface area contributed by atoms with Gasteiger partial charge >= 0.3 is 7.82 Å². The quantitative estimate of drug-likeness (QED) is 0.0796. The van der Waals surface area contributed by atoms with Gasteiger partial charge in [0.25, 0.3) is 0 Å². The molecule has 0 spiro atoms. The molecule has 0 radical (unpaired) electrons. The number of benzene rings is 1. The van der Waals surface area contributed by atoms with Crippen molar-refractivity contribution >= 4 is 30.1 Å². The van der Waals surface area contributed by atoms with E-state index < -0.39 is 25.0 Å². The predicted octanol–water partition coefficient (Wildman–Crippen LogP) is 9.15. The maximum Gasteiger partial charge on any atom is 0.477 e. The molecular formula is C40H51FN9O4P. The molecule has 3 saturated carbocycles. The van der Waals surface area contributed by atoms with Gasteiger partial charge in [-0.25, -0.2) is 19.2 Å². The second kappa shape index (κ2) is 14.2. The van der Waals surface area contributed by atoms with E-state index in [-0.39, 0.29) is 41.3 Å². The average molecular weight is 772 g/mol. The smallest absolute Gasteiger partial charge is 0.380 e. The lowest BCUT2D eigenvalue weighted by atomic mass is 9.50. The first-order chi connectivity index (χ1) is 25.5. The summed E-state index contributed by atoms with van der Waals surface area (Å²) in [7, 11) is -4.04. The molecule has 2 bridgehead atoms. The minimum Gasteiger partial charge on any atom is -0.380 e. The van der Waals surface area contributed by atoms with Crippen molar-refractivity contribution in [3.63, 3.8) is 0 Å². The Kier molecular flexibility index (Phi) is 10.4. The highest BCUT2D eigenvalue weighted by atomic mass is 31.2. The Morgan fingerprint density at radius 1 is 1.02 bits per heavy atom. The van der Waals surface area contributed by atoms with Gasteiger partial charge in [-0.05, 0) is 104 Å². The van der Waals surface area contributed by atoms with Gasteiger partial charge in [0, 0.05) is 40.9 Å². The first kappa shape index (κ1) is 40.2. The number of hydrogen-bond donors (Lipinski definition) is 2. The number of nitrogens with zero attached hydrogens (tertiary/aromatic N) is 7. The topological polar surface area (TPSA) is 173 Å². The molecule has 292 valence electrons. The number of hydrogen-bond acceptors (Lipinski definition) is 12. The van der Waals surface area contributed by atoms with Gasteiger partial charge in [0.05, 0.1) is 51.0 Å². The summed E-state index contributed by atoms with van der Waals surface area (Å²) in [4.78, 5) is 9.10. The molecular weight excluding hydrogens is 720 g/mol. The summed E-state index contributed by atoms with van der Waals surface area (Å²) < 4.78 is 47.8. The Balaban J connectivity index is 1.42. The van der Waals surface area contributed by atoms with Crippen LogP contribution < -0.4 is 10.6 Å². The van der Waals surface area contributed by atoms with Crippen LogP contribution in [0.25, 0.3) is 22.2 Å². The molecule has 55 heavy (non-hydrogen) atoms. The normalized spacial score (nSPS) is 18.9. The van der Waals surface area contributed by atoms with Gasteiger partial charge in [-0.3, -0.25) is 13.6 Å². The van der Waals surface area contributed by atoms with Crippen molar-refractivity contribution in [1.82, 2.24) is 25.0 Å². The molecule has 3 aromatic heterocycles. The second-order valence-electron chi connectivity index (χ2n) is 18.0. The molecule has 1 atom stereocenters. The van der Waals surface area contributed by atoms with E-state index in [4.69, 9.17) is 18.6 Å². The molecule has 4 aromatic rings. The van der Waals surface area contributed by atoms with Gasteiger partial charge < -0.3 is 10.6 Å². The fourth-order valence-electron chi connectivity index (χ4n) is 6.98. The summed E-state index contributed by atoms with van der Waals surface area (Å²) in [5.41, 5.74) is 2.47. The summed E-state index contributed by atoms with van der Waals surface area (Å²) >= 11 is 0. The fraction of sp³-hybridized carbons (Fsp3) is 0.550. The molecule has 3 aliphatic rings. The van der Waals surface area contributed by atoms with Gasteiger partial charge in [0.15, 0.2) is 0 Å². The number of aryl methyl sites for hydroxylation is 1. The zero-order chi connectivity index (χ0) is 40.3. The molecule has 2 N–H and O–H groups in total. The highest BCUT2D eigenvalue weighted by molar-refractivity contribution is 7.48. The number of rotatable bonds is 12. The Bertz CT molecular complexity index is 2240.